The molecule has 2 amide bonds. The van der Waals surface area contributed by atoms with Gasteiger partial charge in [0.1, 0.15) is 12.5 Å². The highest BCUT2D eigenvalue weighted by Crippen LogP contribution is 2.18. The molecular weight excluding hydrogens is 320 g/mol. The predicted octanol–water partition coefficient (Wildman–Crippen LogP) is 3.34. The minimum Gasteiger partial charge on any atom is -0.472 e. The molecule has 1 atom stereocenters. The molecule has 0 aliphatic heterocycles. The molecule has 0 aliphatic carbocycles. The summed E-state index contributed by atoms with van der Waals surface area (Å²) in [5.41, 5.74) is 1.65. The Bertz CT molecular complexity index is 811. The van der Waals surface area contributed by atoms with Crippen LogP contribution in [0.4, 0.5) is 5.69 Å². The number of benzene rings is 1. The fourth-order valence-corrected chi connectivity index (χ4v) is 2.48. The van der Waals surface area contributed by atoms with E-state index in [1.54, 1.807) is 17.0 Å². The molecule has 6 nitrogen and oxygen atoms in total. The predicted molar refractivity (Wildman–Crippen MR) is 92.5 cm³/mol. The van der Waals surface area contributed by atoms with E-state index < -0.39 is 0 Å². The van der Waals surface area contributed by atoms with Crippen molar-refractivity contribution in [2.45, 2.75) is 13.0 Å². The van der Waals surface area contributed by atoms with E-state index >= 15 is 0 Å². The monoisotopic (exact) mass is 338 g/mol. The first kappa shape index (κ1) is 16.6. The lowest BCUT2D eigenvalue weighted by Crippen LogP contribution is -2.44. The molecule has 0 radical (unpaired) electrons. The molecule has 1 unspecified atom stereocenters. The van der Waals surface area contributed by atoms with Crippen molar-refractivity contribution in [3.8, 4) is 0 Å². The van der Waals surface area contributed by atoms with Gasteiger partial charge in [0, 0.05) is 18.3 Å². The molecule has 128 valence electrons. The van der Waals surface area contributed by atoms with E-state index in [1.165, 1.54) is 25.1 Å². The van der Waals surface area contributed by atoms with E-state index in [0.29, 0.717) is 17.7 Å². The van der Waals surface area contributed by atoms with Crippen molar-refractivity contribution in [2.75, 3.05) is 11.4 Å². The third-order valence-electron chi connectivity index (χ3n) is 3.70. The van der Waals surface area contributed by atoms with Crippen LogP contribution in [0.25, 0.3) is 0 Å². The second kappa shape index (κ2) is 7.53. The zero-order valence-corrected chi connectivity index (χ0v) is 13.7. The van der Waals surface area contributed by atoms with Crippen LogP contribution in [0.15, 0.2) is 76.4 Å². The largest absolute Gasteiger partial charge is 0.472 e. The Kier molecular flexibility index (Phi) is 4.99. The van der Waals surface area contributed by atoms with Crippen LogP contribution in [-0.4, -0.2) is 24.4 Å². The molecule has 1 aromatic carbocycles. The van der Waals surface area contributed by atoms with Crippen molar-refractivity contribution < 1.29 is 18.4 Å². The molecular formula is C19H18N2O4. The lowest BCUT2D eigenvalue weighted by atomic mass is 10.2. The van der Waals surface area contributed by atoms with Crippen LogP contribution in [0, 0.1) is 0 Å². The maximum absolute atomic E-state index is 12.8. The van der Waals surface area contributed by atoms with Gasteiger partial charge in [-0.05, 0) is 31.2 Å². The van der Waals surface area contributed by atoms with Gasteiger partial charge in [-0.15, -0.1) is 0 Å². The number of carbonyl (C=O) groups excluding carboxylic acids is 2. The summed E-state index contributed by atoms with van der Waals surface area (Å²) >= 11 is 0. The average molecular weight is 338 g/mol. The highest BCUT2D eigenvalue weighted by molar-refractivity contribution is 6.06. The Morgan fingerprint density at radius 2 is 1.64 bits per heavy atom. The Balaban J connectivity index is 1.75. The molecule has 25 heavy (non-hydrogen) atoms. The highest BCUT2D eigenvalue weighted by Gasteiger charge is 2.22. The number of carbonyl (C=O) groups is 2. The van der Waals surface area contributed by atoms with Crippen LogP contribution >= 0.6 is 0 Å². The molecule has 3 rings (SSSR count). The molecule has 0 saturated heterocycles. The topological polar surface area (TPSA) is 75.7 Å². The molecule has 3 aromatic rings. The number of rotatable bonds is 6. The van der Waals surface area contributed by atoms with Crippen molar-refractivity contribution in [3.05, 3.63) is 78.6 Å². The summed E-state index contributed by atoms with van der Waals surface area (Å²) in [5, 5.41) is 2.87. The van der Waals surface area contributed by atoms with Crippen LogP contribution in [0.3, 0.4) is 0 Å². The van der Waals surface area contributed by atoms with E-state index in [2.05, 4.69) is 5.32 Å². The molecule has 0 aliphatic rings. The molecule has 0 saturated carbocycles. The second-order valence-corrected chi connectivity index (χ2v) is 5.65. The van der Waals surface area contributed by atoms with Crippen LogP contribution in [0.1, 0.15) is 27.6 Å². The molecule has 2 heterocycles. The maximum atomic E-state index is 12.8. The molecule has 0 fully saturated rings. The fraction of sp³-hybridized carbons (Fsp3) is 0.158. The zero-order valence-electron chi connectivity index (χ0n) is 13.7. The van der Waals surface area contributed by atoms with E-state index in [9.17, 15) is 9.59 Å². The third kappa shape index (κ3) is 3.98. The van der Waals surface area contributed by atoms with Gasteiger partial charge in [0.05, 0.1) is 23.7 Å². The van der Waals surface area contributed by atoms with Gasteiger partial charge in [-0.25, -0.2) is 0 Å². The molecule has 2 aromatic heterocycles. The smallest absolute Gasteiger partial charge is 0.261 e. The van der Waals surface area contributed by atoms with E-state index in [4.69, 9.17) is 8.83 Å². The molecule has 6 heteroatoms. The SMILES string of the molecule is CC(CN(C(=O)c1ccoc1)c1ccccc1)NC(=O)c1ccoc1. The number of hydrogen-bond donors (Lipinski definition) is 1. The first-order valence-corrected chi connectivity index (χ1v) is 7.87. The van der Waals surface area contributed by atoms with Gasteiger partial charge >= 0.3 is 0 Å². The number of furan rings is 2. The van der Waals surface area contributed by atoms with Gasteiger partial charge in [0.25, 0.3) is 11.8 Å². The van der Waals surface area contributed by atoms with Gasteiger partial charge < -0.3 is 19.1 Å². The minimum atomic E-state index is -0.265. The summed E-state index contributed by atoms with van der Waals surface area (Å²) in [6.45, 7) is 2.16. The summed E-state index contributed by atoms with van der Waals surface area (Å²) in [5.74, 6) is -0.436. The van der Waals surface area contributed by atoms with Gasteiger partial charge in [-0.1, -0.05) is 18.2 Å². The van der Waals surface area contributed by atoms with Crippen LogP contribution in [0.2, 0.25) is 0 Å². The van der Waals surface area contributed by atoms with Crippen LogP contribution in [-0.2, 0) is 0 Å². The number of nitrogens with one attached hydrogen (secondary N) is 1. The molecule has 1 N–H and O–H groups in total. The van der Waals surface area contributed by atoms with Crippen molar-refractivity contribution in [1.82, 2.24) is 5.32 Å². The van der Waals surface area contributed by atoms with Gasteiger partial charge in [0.2, 0.25) is 0 Å². The van der Waals surface area contributed by atoms with E-state index in [-0.39, 0.29) is 17.9 Å². The van der Waals surface area contributed by atoms with Crippen LogP contribution < -0.4 is 10.2 Å². The van der Waals surface area contributed by atoms with Gasteiger partial charge in [0.15, 0.2) is 0 Å². The Hall–Kier alpha value is -3.28. The van der Waals surface area contributed by atoms with Crippen molar-refractivity contribution >= 4 is 17.5 Å². The summed E-state index contributed by atoms with van der Waals surface area (Å²) in [4.78, 5) is 26.6. The lowest BCUT2D eigenvalue weighted by molar-refractivity contribution is 0.0927. The third-order valence-corrected chi connectivity index (χ3v) is 3.70. The van der Waals surface area contributed by atoms with Crippen molar-refractivity contribution in [2.24, 2.45) is 0 Å². The average Bonchev–Trinajstić information content (AvgIpc) is 3.33. The molecule has 0 bridgehead atoms. The number of nitrogens with zero attached hydrogens (tertiary/aromatic N) is 1. The number of hydrogen-bond acceptors (Lipinski definition) is 4. The van der Waals surface area contributed by atoms with Gasteiger partial charge in [-0.2, -0.15) is 0 Å². The number of anilines is 1. The Morgan fingerprint density at radius 1 is 1.00 bits per heavy atom. The maximum Gasteiger partial charge on any atom is 0.261 e. The number of amides is 2. The van der Waals surface area contributed by atoms with Gasteiger partial charge in [-0.3, -0.25) is 9.59 Å². The first-order valence-electron chi connectivity index (χ1n) is 7.87. The second-order valence-electron chi connectivity index (χ2n) is 5.65. The van der Waals surface area contributed by atoms with E-state index in [0.717, 1.165) is 5.69 Å². The Morgan fingerprint density at radius 3 is 2.24 bits per heavy atom. The van der Waals surface area contributed by atoms with Crippen LogP contribution in [0.5, 0.6) is 0 Å². The fourth-order valence-electron chi connectivity index (χ4n) is 2.48. The Labute approximate surface area is 145 Å². The summed E-state index contributed by atoms with van der Waals surface area (Å²) < 4.78 is 9.93. The normalized spacial score (nSPS) is 11.7. The highest BCUT2D eigenvalue weighted by atomic mass is 16.3. The summed E-state index contributed by atoms with van der Waals surface area (Å²) in [7, 11) is 0. The van der Waals surface area contributed by atoms with Crippen molar-refractivity contribution in [3.63, 3.8) is 0 Å². The minimum absolute atomic E-state index is 0.190. The zero-order chi connectivity index (χ0) is 17.6. The standard InChI is InChI=1S/C19H18N2O4/c1-14(20-18(22)15-7-9-24-12-15)11-21(17-5-3-2-4-6-17)19(23)16-8-10-25-13-16/h2-10,12-14H,11H2,1H3,(H,20,22). The molecule has 0 spiro atoms. The first-order chi connectivity index (χ1) is 12.1. The number of para-hydroxylation sites is 1. The van der Waals surface area contributed by atoms with Crippen molar-refractivity contribution in [1.29, 1.82) is 0 Å². The van der Waals surface area contributed by atoms with E-state index in [1.807, 2.05) is 37.3 Å². The summed E-state index contributed by atoms with van der Waals surface area (Å²) in [6, 6.07) is 12.2. The lowest BCUT2D eigenvalue weighted by Gasteiger charge is -2.26. The summed E-state index contributed by atoms with van der Waals surface area (Å²) in [6.07, 6.45) is 5.69. The quantitative estimate of drug-likeness (QED) is 0.748.